The van der Waals surface area contributed by atoms with Gasteiger partial charge in [-0.15, -0.1) is 0 Å². The van der Waals surface area contributed by atoms with Crippen LogP contribution in [0.3, 0.4) is 0 Å². The van der Waals surface area contributed by atoms with Gasteiger partial charge in [0.15, 0.2) is 0 Å². The number of likely N-dealkylation sites (N-methyl/N-ethyl adjacent to an activating group) is 1. The van der Waals surface area contributed by atoms with E-state index in [2.05, 4.69) is 34.2 Å². The first-order valence-corrected chi connectivity index (χ1v) is 6.61. The maximum absolute atomic E-state index is 5.42. The van der Waals surface area contributed by atoms with Crippen LogP contribution >= 0.6 is 0 Å². The Morgan fingerprint density at radius 1 is 1.50 bits per heavy atom. The molecule has 0 aromatic carbocycles. The van der Waals surface area contributed by atoms with E-state index in [0.29, 0.717) is 6.04 Å². The Bertz CT molecular complexity index is 391. The van der Waals surface area contributed by atoms with Gasteiger partial charge in [0, 0.05) is 26.3 Å². The number of aryl methyl sites for hydroxylation is 1. The van der Waals surface area contributed by atoms with Gasteiger partial charge in [-0.25, -0.2) is 9.97 Å². The first-order valence-electron chi connectivity index (χ1n) is 6.61. The number of ether oxygens (including phenoxy) is 1. The van der Waals surface area contributed by atoms with Crippen molar-refractivity contribution in [3.63, 3.8) is 0 Å². The van der Waals surface area contributed by atoms with E-state index in [0.717, 1.165) is 50.1 Å². The average Bonchev–Trinajstić information content (AvgIpc) is 2.88. The van der Waals surface area contributed by atoms with Gasteiger partial charge in [-0.1, -0.05) is 6.92 Å². The second kappa shape index (κ2) is 6.00. The highest BCUT2D eigenvalue weighted by Gasteiger charge is 2.21. The zero-order valence-electron chi connectivity index (χ0n) is 11.4. The Balaban J connectivity index is 2.13. The van der Waals surface area contributed by atoms with Gasteiger partial charge in [-0.05, 0) is 19.8 Å². The Labute approximate surface area is 109 Å². The van der Waals surface area contributed by atoms with E-state index in [4.69, 9.17) is 4.74 Å². The number of hydrogen-bond acceptors (Lipinski definition) is 5. The van der Waals surface area contributed by atoms with Crippen LogP contribution in [-0.2, 0) is 4.74 Å². The van der Waals surface area contributed by atoms with Crippen LogP contribution in [0.15, 0.2) is 6.07 Å². The van der Waals surface area contributed by atoms with Gasteiger partial charge in [0.25, 0.3) is 0 Å². The summed E-state index contributed by atoms with van der Waals surface area (Å²) in [5.41, 5.74) is 0. The Hall–Kier alpha value is -1.36. The first kappa shape index (κ1) is 13.1. The van der Waals surface area contributed by atoms with Crippen molar-refractivity contribution in [1.29, 1.82) is 0 Å². The fourth-order valence-corrected chi connectivity index (χ4v) is 2.09. The molecule has 1 unspecified atom stereocenters. The fourth-order valence-electron chi connectivity index (χ4n) is 2.09. The number of nitrogens with zero attached hydrogens (tertiary/aromatic N) is 3. The quantitative estimate of drug-likeness (QED) is 0.864. The van der Waals surface area contributed by atoms with E-state index in [1.807, 2.05) is 13.0 Å². The molecule has 0 amide bonds. The molecule has 1 aromatic heterocycles. The minimum atomic E-state index is 0.429. The molecule has 2 rings (SSSR count). The highest BCUT2D eigenvalue weighted by molar-refractivity contribution is 5.49. The van der Waals surface area contributed by atoms with Crippen LogP contribution in [0.5, 0.6) is 0 Å². The molecule has 1 saturated heterocycles. The van der Waals surface area contributed by atoms with Crippen molar-refractivity contribution in [2.75, 3.05) is 37.0 Å². The smallest absolute Gasteiger partial charge is 0.134 e. The third-order valence-corrected chi connectivity index (χ3v) is 3.20. The van der Waals surface area contributed by atoms with E-state index >= 15 is 0 Å². The predicted octanol–water partition coefficient (Wildman–Crippen LogP) is 1.83. The predicted molar refractivity (Wildman–Crippen MR) is 73.2 cm³/mol. The van der Waals surface area contributed by atoms with Gasteiger partial charge in [-0.2, -0.15) is 0 Å². The Morgan fingerprint density at radius 2 is 2.33 bits per heavy atom. The maximum Gasteiger partial charge on any atom is 0.134 e. The molecule has 5 heteroatoms. The summed E-state index contributed by atoms with van der Waals surface area (Å²) < 4.78 is 5.42. The molecule has 100 valence electrons. The zero-order chi connectivity index (χ0) is 13.0. The molecule has 1 aromatic rings. The molecular weight excluding hydrogens is 228 g/mol. The molecule has 1 aliphatic rings. The number of nitrogens with one attached hydrogen (secondary N) is 1. The highest BCUT2D eigenvalue weighted by atomic mass is 16.5. The molecule has 5 nitrogen and oxygen atoms in total. The number of rotatable bonds is 5. The second-order valence-corrected chi connectivity index (χ2v) is 4.71. The van der Waals surface area contributed by atoms with Gasteiger partial charge < -0.3 is 15.0 Å². The van der Waals surface area contributed by atoms with Gasteiger partial charge in [0.1, 0.15) is 17.5 Å². The first-order chi connectivity index (χ1) is 8.70. The third kappa shape index (κ3) is 3.10. The average molecular weight is 250 g/mol. The molecule has 18 heavy (non-hydrogen) atoms. The monoisotopic (exact) mass is 250 g/mol. The van der Waals surface area contributed by atoms with Gasteiger partial charge in [-0.3, -0.25) is 0 Å². The van der Waals surface area contributed by atoms with Crippen molar-refractivity contribution >= 4 is 11.6 Å². The summed E-state index contributed by atoms with van der Waals surface area (Å²) in [6.07, 6.45) is 2.15. The number of anilines is 2. The third-order valence-electron chi connectivity index (χ3n) is 3.20. The lowest BCUT2D eigenvalue weighted by molar-refractivity contribution is 0.193. The Kier molecular flexibility index (Phi) is 4.36. The minimum absolute atomic E-state index is 0.429. The molecule has 1 fully saturated rings. The lowest BCUT2D eigenvalue weighted by Crippen LogP contribution is -2.32. The summed E-state index contributed by atoms with van der Waals surface area (Å²) in [4.78, 5) is 11.1. The molecule has 0 saturated carbocycles. The summed E-state index contributed by atoms with van der Waals surface area (Å²) in [5, 5.41) is 3.31. The van der Waals surface area contributed by atoms with Crippen LogP contribution < -0.4 is 10.2 Å². The summed E-state index contributed by atoms with van der Waals surface area (Å²) in [5.74, 6) is 2.68. The summed E-state index contributed by atoms with van der Waals surface area (Å²) in [7, 11) is 2.07. The largest absolute Gasteiger partial charge is 0.379 e. The second-order valence-electron chi connectivity index (χ2n) is 4.71. The normalized spacial score (nSPS) is 18.9. The summed E-state index contributed by atoms with van der Waals surface area (Å²) >= 11 is 0. The van der Waals surface area contributed by atoms with Crippen LogP contribution in [0, 0.1) is 6.92 Å². The lowest BCUT2D eigenvalue weighted by Gasteiger charge is -2.24. The van der Waals surface area contributed by atoms with Crippen LogP contribution in [0.4, 0.5) is 11.6 Å². The van der Waals surface area contributed by atoms with Crippen LogP contribution in [0.25, 0.3) is 0 Å². The zero-order valence-corrected chi connectivity index (χ0v) is 11.4. The molecule has 1 N–H and O–H groups in total. The van der Waals surface area contributed by atoms with Crippen molar-refractivity contribution in [1.82, 2.24) is 9.97 Å². The Morgan fingerprint density at radius 3 is 3.00 bits per heavy atom. The van der Waals surface area contributed by atoms with E-state index in [1.54, 1.807) is 0 Å². The fraction of sp³-hybridized carbons (Fsp3) is 0.692. The summed E-state index contributed by atoms with van der Waals surface area (Å²) in [6, 6.07) is 2.44. The van der Waals surface area contributed by atoms with Crippen molar-refractivity contribution in [2.24, 2.45) is 0 Å². The lowest BCUT2D eigenvalue weighted by atomic mass is 10.2. The molecule has 0 radical (unpaired) electrons. The van der Waals surface area contributed by atoms with E-state index in [9.17, 15) is 0 Å². The minimum Gasteiger partial charge on any atom is -0.379 e. The number of aromatic nitrogens is 2. The van der Waals surface area contributed by atoms with E-state index < -0.39 is 0 Å². The van der Waals surface area contributed by atoms with Crippen molar-refractivity contribution in [3.8, 4) is 0 Å². The highest BCUT2D eigenvalue weighted by Crippen LogP contribution is 2.20. The van der Waals surface area contributed by atoms with Crippen LogP contribution in [0.2, 0.25) is 0 Å². The van der Waals surface area contributed by atoms with Crippen LogP contribution in [-0.4, -0.2) is 42.8 Å². The molecule has 1 aliphatic heterocycles. The SMILES string of the molecule is CCCNc1cc(N(C)C2CCOC2)nc(C)n1. The van der Waals surface area contributed by atoms with Crippen molar-refractivity contribution in [3.05, 3.63) is 11.9 Å². The molecule has 2 heterocycles. The van der Waals surface area contributed by atoms with Crippen molar-refractivity contribution in [2.45, 2.75) is 32.7 Å². The molecule has 0 spiro atoms. The van der Waals surface area contributed by atoms with Gasteiger partial charge in [0.2, 0.25) is 0 Å². The maximum atomic E-state index is 5.42. The van der Waals surface area contributed by atoms with Crippen LogP contribution in [0.1, 0.15) is 25.6 Å². The standard InChI is InChI=1S/C13H22N4O/c1-4-6-14-12-8-13(16-10(2)15-12)17(3)11-5-7-18-9-11/h8,11H,4-7,9H2,1-3H3,(H,14,15,16). The van der Waals surface area contributed by atoms with E-state index in [1.165, 1.54) is 0 Å². The topological polar surface area (TPSA) is 50.3 Å². The molecule has 1 atom stereocenters. The molecular formula is C13H22N4O. The van der Waals surface area contributed by atoms with Gasteiger partial charge >= 0.3 is 0 Å². The molecule has 0 bridgehead atoms. The van der Waals surface area contributed by atoms with Crippen molar-refractivity contribution < 1.29 is 4.74 Å². The number of hydrogen-bond donors (Lipinski definition) is 1. The summed E-state index contributed by atoms with van der Waals surface area (Å²) in [6.45, 7) is 6.65. The van der Waals surface area contributed by atoms with Gasteiger partial charge in [0.05, 0.1) is 12.6 Å². The van der Waals surface area contributed by atoms with E-state index in [-0.39, 0.29) is 0 Å². The molecule has 0 aliphatic carbocycles.